The van der Waals surface area contributed by atoms with Crippen molar-refractivity contribution in [3.63, 3.8) is 0 Å². The Kier molecular flexibility index (Phi) is 3.54. The Morgan fingerprint density at radius 2 is 1.67 bits per heavy atom. The fourth-order valence-electron chi connectivity index (χ4n) is 1.21. The lowest BCUT2D eigenvalue weighted by Gasteiger charge is -2.09. The Morgan fingerprint density at radius 1 is 1.07 bits per heavy atom. The van der Waals surface area contributed by atoms with E-state index >= 15 is 0 Å². The number of hydrogen-bond donors (Lipinski definition) is 0. The summed E-state index contributed by atoms with van der Waals surface area (Å²) in [5.74, 6) is 0.325. The Balaban J connectivity index is 3.15. The van der Waals surface area contributed by atoms with E-state index in [1.54, 1.807) is 18.2 Å². The maximum absolute atomic E-state index is 8.72. The summed E-state index contributed by atoms with van der Waals surface area (Å²) in [6.07, 6.45) is 0. The summed E-state index contributed by atoms with van der Waals surface area (Å²) in [5.41, 5.74) is 0.609. The first-order valence-corrected chi connectivity index (χ1v) is 4.28. The van der Waals surface area contributed by atoms with Crippen molar-refractivity contribution in [1.82, 2.24) is 0 Å². The normalized spacial score (nSPS) is 9.13. The molecule has 1 aromatic rings. The van der Waals surface area contributed by atoms with Crippen LogP contribution in [0.3, 0.4) is 0 Å². The highest BCUT2D eigenvalue weighted by molar-refractivity contribution is 5.46. The van der Waals surface area contributed by atoms with Gasteiger partial charge in [0.2, 0.25) is 0 Å². The minimum atomic E-state index is -0.773. The van der Waals surface area contributed by atoms with Gasteiger partial charge < -0.3 is 9.47 Å². The quantitative estimate of drug-likeness (QED) is 0.750. The van der Waals surface area contributed by atoms with E-state index in [0.717, 1.165) is 0 Å². The molecule has 0 amide bonds. The number of benzene rings is 1. The van der Waals surface area contributed by atoms with Crippen LogP contribution in [-0.2, 0) is 0 Å². The molecule has 0 aromatic heterocycles. The molecule has 1 aromatic carbocycles. The maximum atomic E-state index is 8.72. The van der Waals surface area contributed by atoms with Crippen LogP contribution in [0.1, 0.15) is 11.5 Å². The second-order valence-electron chi connectivity index (χ2n) is 2.81. The largest absolute Gasteiger partial charge is 0.493 e. The Bertz CT molecular complexity index is 415. The first kappa shape index (κ1) is 10.9. The molecule has 0 fully saturated rings. The molecule has 0 spiro atoms. The monoisotopic (exact) mass is 202 g/mol. The van der Waals surface area contributed by atoms with Crippen LogP contribution >= 0.6 is 0 Å². The van der Waals surface area contributed by atoms with E-state index in [0.29, 0.717) is 17.1 Å². The lowest BCUT2D eigenvalue weighted by Crippen LogP contribution is -1.95. The van der Waals surface area contributed by atoms with Gasteiger partial charge in [0.25, 0.3) is 0 Å². The van der Waals surface area contributed by atoms with Crippen molar-refractivity contribution in [2.45, 2.75) is 5.92 Å². The van der Waals surface area contributed by atoms with Gasteiger partial charge in [-0.25, -0.2) is 0 Å². The molecule has 0 aliphatic carbocycles. The van der Waals surface area contributed by atoms with Gasteiger partial charge in [-0.05, 0) is 17.7 Å². The fraction of sp³-hybridized carbons (Fsp3) is 0.273. The zero-order valence-corrected chi connectivity index (χ0v) is 8.52. The van der Waals surface area contributed by atoms with Crippen molar-refractivity contribution in [3.05, 3.63) is 23.8 Å². The van der Waals surface area contributed by atoms with E-state index in [2.05, 4.69) is 0 Å². The topological polar surface area (TPSA) is 66.0 Å². The van der Waals surface area contributed by atoms with E-state index in [-0.39, 0.29) is 0 Å². The lowest BCUT2D eigenvalue weighted by molar-refractivity contribution is 0.354. The van der Waals surface area contributed by atoms with Gasteiger partial charge in [0.05, 0.1) is 26.4 Å². The predicted molar refractivity (Wildman–Crippen MR) is 53.5 cm³/mol. The van der Waals surface area contributed by atoms with E-state index in [1.165, 1.54) is 14.2 Å². The van der Waals surface area contributed by atoms with Gasteiger partial charge in [-0.3, -0.25) is 0 Å². The summed E-state index contributed by atoms with van der Waals surface area (Å²) in [5, 5.41) is 17.4. The minimum absolute atomic E-state index is 0.519. The van der Waals surface area contributed by atoms with Gasteiger partial charge in [-0.15, -0.1) is 0 Å². The van der Waals surface area contributed by atoms with Gasteiger partial charge in [0.15, 0.2) is 17.4 Å². The van der Waals surface area contributed by atoms with Crippen molar-refractivity contribution in [2.24, 2.45) is 0 Å². The average Bonchev–Trinajstić information content (AvgIpc) is 2.30. The van der Waals surface area contributed by atoms with Crippen molar-refractivity contribution in [1.29, 1.82) is 10.5 Å². The number of methoxy groups -OCH3 is 2. The molecule has 0 N–H and O–H groups in total. The molecule has 0 bridgehead atoms. The molecule has 4 nitrogen and oxygen atoms in total. The second kappa shape index (κ2) is 4.88. The molecule has 0 aliphatic rings. The molecule has 0 heterocycles. The fourth-order valence-corrected chi connectivity index (χ4v) is 1.21. The Labute approximate surface area is 88.3 Å². The molecule has 1 rings (SSSR count). The smallest absolute Gasteiger partial charge is 0.161 e. The third-order valence-electron chi connectivity index (χ3n) is 2.00. The minimum Gasteiger partial charge on any atom is -0.493 e. The summed E-state index contributed by atoms with van der Waals surface area (Å²) in [4.78, 5) is 0. The van der Waals surface area contributed by atoms with Gasteiger partial charge in [0, 0.05) is 0 Å². The number of nitriles is 2. The molecule has 0 saturated heterocycles. The molecule has 4 heteroatoms. The molecular weight excluding hydrogens is 192 g/mol. The summed E-state index contributed by atoms with van der Waals surface area (Å²) < 4.78 is 10.1. The maximum Gasteiger partial charge on any atom is 0.161 e. The van der Waals surface area contributed by atoms with Crippen LogP contribution in [-0.4, -0.2) is 14.2 Å². The van der Waals surface area contributed by atoms with Crippen LogP contribution in [0.15, 0.2) is 18.2 Å². The summed E-state index contributed by atoms with van der Waals surface area (Å²) in [6.45, 7) is 0. The van der Waals surface area contributed by atoms with E-state index in [4.69, 9.17) is 20.0 Å². The number of hydrogen-bond acceptors (Lipinski definition) is 4. The molecule has 76 valence electrons. The van der Waals surface area contributed by atoms with Gasteiger partial charge in [-0.2, -0.15) is 10.5 Å². The molecule has 0 atom stereocenters. The van der Waals surface area contributed by atoms with Crippen LogP contribution in [0, 0.1) is 22.7 Å². The first-order valence-electron chi connectivity index (χ1n) is 4.28. The average molecular weight is 202 g/mol. The van der Waals surface area contributed by atoms with Crippen molar-refractivity contribution in [2.75, 3.05) is 14.2 Å². The summed E-state index contributed by atoms with van der Waals surface area (Å²) in [7, 11) is 3.04. The standard InChI is InChI=1S/C11H10N2O2/c1-14-10-4-3-8(5-11(10)15-2)9(6-12)7-13/h3-5,9H,1-2H3. The number of rotatable bonds is 3. The van der Waals surface area contributed by atoms with Crippen LogP contribution in [0.2, 0.25) is 0 Å². The van der Waals surface area contributed by atoms with E-state index in [9.17, 15) is 0 Å². The Morgan fingerprint density at radius 3 is 2.13 bits per heavy atom. The molecule has 0 radical (unpaired) electrons. The van der Waals surface area contributed by atoms with Crippen LogP contribution in [0.25, 0.3) is 0 Å². The molecule has 0 unspecified atom stereocenters. The third kappa shape index (κ3) is 2.18. The number of nitrogens with zero attached hydrogens (tertiary/aromatic N) is 2. The van der Waals surface area contributed by atoms with E-state index in [1.807, 2.05) is 12.1 Å². The summed E-state index contributed by atoms with van der Waals surface area (Å²) in [6, 6.07) is 8.79. The van der Waals surface area contributed by atoms with Crippen LogP contribution in [0.4, 0.5) is 0 Å². The van der Waals surface area contributed by atoms with E-state index < -0.39 is 5.92 Å². The highest BCUT2D eigenvalue weighted by Gasteiger charge is 2.12. The lowest BCUT2D eigenvalue weighted by atomic mass is 10.0. The molecule has 0 aliphatic heterocycles. The predicted octanol–water partition coefficient (Wildman–Crippen LogP) is 1.83. The van der Waals surface area contributed by atoms with Gasteiger partial charge >= 0.3 is 0 Å². The Hall–Kier alpha value is -2.20. The highest BCUT2D eigenvalue weighted by Crippen LogP contribution is 2.30. The first-order chi connectivity index (χ1) is 7.26. The zero-order valence-electron chi connectivity index (χ0n) is 8.52. The van der Waals surface area contributed by atoms with Crippen LogP contribution in [0.5, 0.6) is 11.5 Å². The second-order valence-corrected chi connectivity index (χ2v) is 2.81. The van der Waals surface area contributed by atoms with Crippen molar-refractivity contribution < 1.29 is 9.47 Å². The van der Waals surface area contributed by atoms with Crippen molar-refractivity contribution in [3.8, 4) is 23.6 Å². The summed E-state index contributed by atoms with van der Waals surface area (Å²) >= 11 is 0. The molecular formula is C11H10N2O2. The highest BCUT2D eigenvalue weighted by atomic mass is 16.5. The zero-order chi connectivity index (χ0) is 11.3. The molecule has 0 saturated carbocycles. The molecule has 15 heavy (non-hydrogen) atoms. The van der Waals surface area contributed by atoms with Gasteiger partial charge in [0.1, 0.15) is 0 Å². The SMILES string of the molecule is COc1ccc(C(C#N)C#N)cc1OC. The third-order valence-corrected chi connectivity index (χ3v) is 2.00. The van der Waals surface area contributed by atoms with Gasteiger partial charge in [-0.1, -0.05) is 6.07 Å². The van der Waals surface area contributed by atoms with Crippen molar-refractivity contribution >= 4 is 0 Å². The van der Waals surface area contributed by atoms with Crippen LogP contribution < -0.4 is 9.47 Å². The number of ether oxygens (including phenoxy) is 2.